The lowest BCUT2D eigenvalue weighted by Crippen LogP contribution is -2.15. The van der Waals surface area contributed by atoms with E-state index in [2.05, 4.69) is 6.07 Å². The Balaban J connectivity index is 2.46. The van der Waals surface area contributed by atoms with Crippen LogP contribution in [-0.4, -0.2) is 11.1 Å². The highest BCUT2D eigenvalue weighted by molar-refractivity contribution is 5.66. The topological polar surface area (TPSA) is 61.1 Å². The highest BCUT2D eigenvalue weighted by Crippen LogP contribution is 2.41. The van der Waals surface area contributed by atoms with Crippen LogP contribution < -0.4 is 0 Å². The van der Waals surface area contributed by atoms with Gasteiger partial charge in [-0.1, -0.05) is 12.8 Å². The highest BCUT2D eigenvalue weighted by Gasteiger charge is 2.33. The zero-order valence-electron chi connectivity index (χ0n) is 7.05. The molecular weight excluding hydrogens is 154 g/mol. The maximum atomic E-state index is 10.3. The molecule has 1 N–H and O–H groups in total. The van der Waals surface area contributed by atoms with Crippen molar-refractivity contribution in [1.82, 2.24) is 0 Å². The van der Waals surface area contributed by atoms with Crippen molar-refractivity contribution in [3.8, 4) is 6.07 Å². The highest BCUT2D eigenvalue weighted by atomic mass is 16.4. The monoisotopic (exact) mass is 167 g/mol. The van der Waals surface area contributed by atoms with Crippen LogP contribution in [0.2, 0.25) is 0 Å². The van der Waals surface area contributed by atoms with Gasteiger partial charge in [-0.05, 0) is 19.3 Å². The molecule has 66 valence electrons. The lowest BCUT2D eigenvalue weighted by atomic mass is 9.83. The van der Waals surface area contributed by atoms with Gasteiger partial charge in [0.2, 0.25) is 0 Å². The number of hydrogen-bond acceptors (Lipinski definition) is 2. The van der Waals surface area contributed by atoms with Crippen LogP contribution in [-0.2, 0) is 4.79 Å². The smallest absolute Gasteiger partial charge is 0.303 e. The number of rotatable bonds is 3. The van der Waals surface area contributed by atoms with Crippen LogP contribution in [0.25, 0.3) is 0 Å². The molecule has 0 heterocycles. The van der Waals surface area contributed by atoms with E-state index >= 15 is 0 Å². The average molecular weight is 167 g/mol. The second-order valence-corrected chi connectivity index (χ2v) is 3.49. The number of hydrogen-bond donors (Lipinski definition) is 1. The molecule has 1 rings (SSSR count). The lowest BCUT2D eigenvalue weighted by molar-refractivity contribution is -0.137. The summed E-state index contributed by atoms with van der Waals surface area (Å²) in [5.74, 6) is -0.795. The lowest BCUT2D eigenvalue weighted by Gasteiger charge is -2.17. The van der Waals surface area contributed by atoms with E-state index in [0.29, 0.717) is 6.42 Å². The molecule has 0 atom stereocenters. The van der Waals surface area contributed by atoms with Crippen molar-refractivity contribution in [3.05, 3.63) is 0 Å². The summed E-state index contributed by atoms with van der Waals surface area (Å²) in [6.07, 6.45) is 4.58. The fourth-order valence-electron chi connectivity index (χ4n) is 1.82. The van der Waals surface area contributed by atoms with Crippen molar-refractivity contribution in [2.45, 2.75) is 38.5 Å². The van der Waals surface area contributed by atoms with Gasteiger partial charge in [-0.15, -0.1) is 0 Å². The van der Waals surface area contributed by atoms with Crippen molar-refractivity contribution in [1.29, 1.82) is 5.26 Å². The Bertz CT molecular complexity index is 211. The molecule has 3 nitrogen and oxygen atoms in total. The normalized spacial score (nSPS) is 20.2. The fourth-order valence-corrected chi connectivity index (χ4v) is 1.82. The molecule has 12 heavy (non-hydrogen) atoms. The van der Waals surface area contributed by atoms with E-state index in [1.807, 2.05) is 0 Å². The average Bonchev–Trinajstić information content (AvgIpc) is 2.50. The molecule has 0 unspecified atom stereocenters. The number of nitriles is 1. The van der Waals surface area contributed by atoms with Gasteiger partial charge >= 0.3 is 5.97 Å². The van der Waals surface area contributed by atoms with Crippen LogP contribution in [0.3, 0.4) is 0 Å². The van der Waals surface area contributed by atoms with E-state index < -0.39 is 5.97 Å². The van der Waals surface area contributed by atoms with E-state index in [1.165, 1.54) is 0 Å². The van der Waals surface area contributed by atoms with Crippen molar-refractivity contribution < 1.29 is 9.90 Å². The summed E-state index contributed by atoms with van der Waals surface area (Å²) >= 11 is 0. The second-order valence-electron chi connectivity index (χ2n) is 3.49. The molecule has 0 radical (unpaired) electrons. The van der Waals surface area contributed by atoms with Crippen LogP contribution in [0.1, 0.15) is 38.5 Å². The SMILES string of the molecule is N#CC1(CCC(=O)O)CCCC1. The van der Waals surface area contributed by atoms with Gasteiger partial charge in [0.1, 0.15) is 0 Å². The van der Waals surface area contributed by atoms with Crippen LogP contribution >= 0.6 is 0 Å². The summed E-state index contributed by atoms with van der Waals surface area (Å²) < 4.78 is 0. The molecule has 1 aliphatic carbocycles. The molecule has 0 aliphatic heterocycles. The summed E-state index contributed by atoms with van der Waals surface area (Å²) in [6.45, 7) is 0. The van der Waals surface area contributed by atoms with E-state index in [0.717, 1.165) is 25.7 Å². The molecule has 0 bridgehead atoms. The zero-order valence-corrected chi connectivity index (χ0v) is 7.05. The Morgan fingerprint density at radius 3 is 2.50 bits per heavy atom. The van der Waals surface area contributed by atoms with E-state index in [9.17, 15) is 4.79 Å². The Morgan fingerprint density at radius 2 is 2.08 bits per heavy atom. The summed E-state index contributed by atoms with van der Waals surface area (Å²) in [7, 11) is 0. The number of carboxylic acids is 1. The van der Waals surface area contributed by atoms with E-state index in [1.54, 1.807) is 0 Å². The predicted octanol–water partition coefficient (Wildman–Crippen LogP) is 1.94. The zero-order chi connectivity index (χ0) is 9.03. The first-order valence-electron chi connectivity index (χ1n) is 4.32. The van der Waals surface area contributed by atoms with Crippen LogP contribution in [0.4, 0.5) is 0 Å². The molecule has 1 aliphatic rings. The van der Waals surface area contributed by atoms with Gasteiger partial charge in [-0.3, -0.25) is 4.79 Å². The van der Waals surface area contributed by atoms with E-state index in [4.69, 9.17) is 10.4 Å². The third-order valence-corrected chi connectivity index (χ3v) is 2.62. The molecule has 0 spiro atoms. The first kappa shape index (κ1) is 9.05. The molecule has 0 aromatic rings. The third-order valence-electron chi connectivity index (χ3n) is 2.62. The number of nitrogens with zero attached hydrogens (tertiary/aromatic N) is 1. The van der Waals surface area contributed by atoms with Gasteiger partial charge in [-0.2, -0.15) is 5.26 Å². The summed E-state index contributed by atoms with van der Waals surface area (Å²) in [6, 6.07) is 2.27. The van der Waals surface area contributed by atoms with Crippen molar-refractivity contribution in [3.63, 3.8) is 0 Å². The van der Waals surface area contributed by atoms with Crippen molar-refractivity contribution in [2.24, 2.45) is 5.41 Å². The molecule has 0 aromatic carbocycles. The van der Waals surface area contributed by atoms with Crippen LogP contribution in [0.5, 0.6) is 0 Å². The minimum atomic E-state index is -0.795. The Labute approximate surface area is 72.0 Å². The summed E-state index contributed by atoms with van der Waals surface area (Å²) in [5.41, 5.74) is -0.307. The number of carbonyl (C=O) groups is 1. The standard InChI is InChI=1S/C9H13NO2/c10-7-9(4-1-2-5-9)6-3-8(11)12/h1-6H2,(H,11,12). The third kappa shape index (κ3) is 1.97. The number of aliphatic carboxylic acids is 1. The molecule has 1 fully saturated rings. The van der Waals surface area contributed by atoms with Crippen molar-refractivity contribution >= 4 is 5.97 Å². The van der Waals surface area contributed by atoms with Crippen LogP contribution in [0.15, 0.2) is 0 Å². The molecule has 0 amide bonds. The molecular formula is C9H13NO2. The van der Waals surface area contributed by atoms with Crippen molar-refractivity contribution in [2.75, 3.05) is 0 Å². The summed E-state index contributed by atoms with van der Waals surface area (Å²) in [5, 5.41) is 17.4. The van der Waals surface area contributed by atoms with Gasteiger partial charge in [0.25, 0.3) is 0 Å². The van der Waals surface area contributed by atoms with E-state index in [-0.39, 0.29) is 11.8 Å². The fraction of sp³-hybridized carbons (Fsp3) is 0.778. The number of carboxylic acid groups (broad SMARTS) is 1. The Kier molecular flexibility index (Phi) is 2.69. The van der Waals surface area contributed by atoms with Gasteiger partial charge in [0.15, 0.2) is 0 Å². The maximum Gasteiger partial charge on any atom is 0.303 e. The molecule has 3 heteroatoms. The van der Waals surface area contributed by atoms with Crippen LogP contribution in [0, 0.1) is 16.7 Å². The first-order valence-corrected chi connectivity index (χ1v) is 4.32. The Morgan fingerprint density at radius 1 is 1.50 bits per heavy atom. The second kappa shape index (κ2) is 3.57. The molecule has 1 saturated carbocycles. The maximum absolute atomic E-state index is 10.3. The van der Waals surface area contributed by atoms with Gasteiger partial charge in [-0.25, -0.2) is 0 Å². The quantitative estimate of drug-likeness (QED) is 0.698. The molecule has 0 aromatic heterocycles. The van der Waals surface area contributed by atoms with Gasteiger partial charge < -0.3 is 5.11 Å². The predicted molar refractivity (Wildman–Crippen MR) is 43.4 cm³/mol. The molecule has 0 saturated heterocycles. The largest absolute Gasteiger partial charge is 0.481 e. The van der Waals surface area contributed by atoms with Gasteiger partial charge in [0.05, 0.1) is 11.5 Å². The summed E-state index contributed by atoms with van der Waals surface area (Å²) in [4.78, 5) is 10.3. The first-order chi connectivity index (χ1) is 5.68. The Hall–Kier alpha value is -1.04. The van der Waals surface area contributed by atoms with Gasteiger partial charge in [0, 0.05) is 6.42 Å². The minimum Gasteiger partial charge on any atom is -0.481 e. The minimum absolute atomic E-state index is 0.132.